The number of rotatable bonds is 2. The van der Waals surface area contributed by atoms with Gasteiger partial charge in [0.1, 0.15) is 0 Å². The third-order valence-corrected chi connectivity index (χ3v) is 4.28. The molecule has 3 nitrogen and oxygen atoms in total. The second kappa shape index (κ2) is 3.07. The Labute approximate surface area is 83.9 Å². The van der Waals surface area contributed by atoms with E-state index in [-0.39, 0.29) is 17.2 Å². The Morgan fingerprint density at radius 1 is 1.21 bits per heavy atom. The predicted molar refractivity (Wildman–Crippen MR) is 55.8 cm³/mol. The van der Waals surface area contributed by atoms with Crippen LogP contribution < -0.4 is 5.73 Å². The Kier molecular flexibility index (Phi) is 2.12. The second-order valence-electron chi connectivity index (χ2n) is 3.81. The molecule has 0 heterocycles. The Morgan fingerprint density at radius 2 is 1.79 bits per heavy atom. The van der Waals surface area contributed by atoms with E-state index in [2.05, 4.69) is 0 Å². The van der Waals surface area contributed by atoms with Crippen LogP contribution in [-0.2, 0) is 9.84 Å². The fourth-order valence-corrected chi connectivity index (χ4v) is 3.46. The molecule has 0 saturated heterocycles. The van der Waals surface area contributed by atoms with Crippen molar-refractivity contribution in [2.24, 2.45) is 5.73 Å². The fourth-order valence-electron chi connectivity index (χ4n) is 1.94. The topological polar surface area (TPSA) is 60.2 Å². The van der Waals surface area contributed by atoms with Crippen LogP contribution in [0.5, 0.6) is 0 Å². The smallest absolute Gasteiger partial charge is 0.152 e. The van der Waals surface area contributed by atoms with Crippen molar-refractivity contribution in [2.45, 2.75) is 17.2 Å². The van der Waals surface area contributed by atoms with Gasteiger partial charge in [0.05, 0.1) is 5.25 Å². The summed E-state index contributed by atoms with van der Waals surface area (Å²) in [5.41, 5.74) is 6.77. The first kappa shape index (κ1) is 9.68. The quantitative estimate of drug-likeness (QED) is 0.776. The molecule has 14 heavy (non-hydrogen) atoms. The van der Waals surface area contributed by atoms with Crippen LogP contribution in [0.4, 0.5) is 0 Å². The van der Waals surface area contributed by atoms with Gasteiger partial charge in [0.15, 0.2) is 9.84 Å². The van der Waals surface area contributed by atoms with Crippen LogP contribution in [0.15, 0.2) is 30.3 Å². The normalized spacial score (nSPS) is 31.4. The molecule has 3 unspecified atom stereocenters. The Hall–Kier alpha value is -0.870. The summed E-state index contributed by atoms with van der Waals surface area (Å²) in [6, 6.07) is 9.34. The Balaban J connectivity index is 2.26. The maximum atomic E-state index is 11.3. The van der Waals surface area contributed by atoms with Crippen molar-refractivity contribution in [1.29, 1.82) is 0 Å². The van der Waals surface area contributed by atoms with Gasteiger partial charge in [0.2, 0.25) is 0 Å². The molecule has 1 aliphatic rings. The van der Waals surface area contributed by atoms with E-state index >= 15 is 0 Å². The van der Waals surface area contributed by atoms with E-state index in [1.54, 1.807) is 0 Å². The van der Waals surface area contributed by atoms with E-state index in [9.17, 15) is 8.42 Å². The van der Waals surface area contributed by atoms with Crippen molar-refractivity contribution in [3.63, 3.8) is 0 Å². The van der Waals surface area contributed by atoms with Gasteiger partial charge in [-0.2, -0.15) is 0 Å². The molecule has 1 aliphatic carbocycles. The van der Waals surface area contributed by atoms with Crippen molar-refractivity contribution in [3.05, 3.63) is 35.9 Å². The number of nitrogens with two attached hydrogens (primary N) is 1. The van der Waals surface area contributed by atoms with Crippen LogP contribution >= 0.6 is 0 Å². The first-order valence-corrected chi connectivity index (χ1v) is 6.46. The molecule has 0 radical (unpaired) electrons. The molecule has 0 aliphatic heterocycles. The number of sulfone groups is 1. The van der Waals surface area contributed by atoms with Crippen molar-refractivity contribution < 1.29 is 8.42 Å². The number of hydrogen-bond acceptors (Lipinski definition) is 3. The van der Waals surface area contributed by atoms with Crippen LogP contribution in [0.2, 0.25) is 0 Å². The summed E-state index contributed by atoms with van der Waals surface area (Å²) in [6.45, 7) is 0. The van der Waals surface area contributed by atoms with Gasteiger partial charge in [0, 0.05) is 18.2 Å². The first-order chi connectivity index (χ1) is 6.52. The van der Waals surface area contributed by atoms with Crippen molar-refractivity contribution in [2.75, 3.05) is 6.26 Å². The summed E-state index contributed by atoms with van der Waals surface area (Å²) in [7, 11) is -3.00. The van der Waals surface area contributed by atoms with Gasteiger partial charge in [-0.25, -0.2) is 8.42 Å². The SMILES string of the molecule is CS(=O)(=O)C1C(N)C1c1ccccc1. The van der Waals surface area contributed by atoms with Gasteiger partial charge >= 0.3 is 0 Å². The summed E-state index contributed by atoms with van der Waals surface area (Å²) in [4.78, 5) is 0. The minimum Gasteiger partial charge on any atom is -0.326 e. The molecule has 76 valence electrons. The van der Waals surface area contributed by atoms with E-state index < -0.39 is 9.84 Å². The van der Waals surface area contributed by atoms with E-state index in [0.29, 0.717) is 0 Å². The highest BCUT2D eigenvalue weighted by Gasteiger charge is 2.54. The highest BCUT2D eigenvalue weighted by molar-refractivity contribution is 7.91. The number of benzene rings is 1. The van der Waals surface area contributed by atoms with Crippen LogP contribution in [-0.4, -0.2) is 26.0 Å². The zero-order valence-electron chi connectivity index (χ0n) is 7.92. The Morgan fingerprint density at radius 3 is 2.21 bits per heavy atom. The molecule has 4 heteroatoms. The van der Waals surface area contributed by atoms with Gasteiger partial charge in [-0.3, -0.25) is 0 Å². The molecule has 1 aromatic carbocycles. The first-order valence-electron chi connectivity index (χ1n) is 4.51. The van der Waals surface area contributed by atoms with E-state index in [1.807, 2.05) is 30.3 Å². The molecule has 3 atom stereocenters. The van der Waals surface area contributed by atoms with Crippen molar-refractivity contribution in [3.8, 4) is 0 Å². The molecular weight excluding hydrogens is 198 g/mol. The maximum absolute atomic E-state index is 11.3. The molecule has 0 bridgehead atoms. The van der Waals surface area contributed by atoms with Crippen LogP contribution in [0, 0.1) is 0 Å². The molecular formula is C10H13NO2S. The van der Waals surface area contributed by atoms with Gasteiger partial charge in [-0.15, -0.1) is 0 Å². The molecule has 0 amide bonds. The van der Waals surface area contributed by atoms with Gasteiger partial charge in [0.25, 0.3) is 0 Å². The summed E-state index contributed by atoms with van der Waals surface area (Å²) in [5.74, 6) is -0.00815. The third kappa shape index (κ3) is 1.55. The van der Waals surface area contributed by atoms with Crippen LogP contribution in [0.1, 0.15) is 11.5 Å². The highest BCUT2D eigenvalue weighted by atomic mass is 32.2. The standard InChI is InChI=1S/C10H13NO2S/c1-14(12,13)10-8(9(10)11)7-5-3-2-4-6-7/h2-6,8-10H,11H2,1H3. The average Bonchev–Trinajstić information content (AvgIpc) is 2.78. The largest absolute Gasteiger partial charge is 0.326 e. The average molecular weight is 211 g/mol. The molecule has 1 aromatic rings. The van der Waals surface area contributed by atoms with E-state index in [4.69, 9.17) is 5.73 Å². The summed E-state index contributed by atoms with van der Waals surface area (Å²) < 4.78 is 22.6. The van der Waals surface area contributed by atoms with Crippen molar-refractivity contribution in [1.82, 2.24) is 0 Å². The van der Waals surface area contributed by atoms with Crippen LogP contribution in [0.3, 0.4) is 0 Å². The lowest BCUT2D eigenvalue weighted by molar-refractivity contribution is 0.599. The van der Waals surface area contributed by atoms with Gasteiger partial charge in [-0.1, -0.05) is 30.3 Å². The second-order valence-corrected chi connectivity index (χ2v) is 6.01. The minimum absolute atomic E-state index is 0.00815. The van der Waals surface area contributed by atoms with E-state index in [0.717, 1.165) is 5.56 Å². The maximum Gasteiger partial charge on any atom is 0.152 e. The zero-order valence-corrected chi connectivity index (χ0v) is 8.74. The fraction of sp³-hybridized carbons (Fsp3) is 0.400. The summed E-state index contributed by atoms with van der Waals surface area (Å²) >= 11 is 0. The van der Waals surface area contributed by atoms with Crippen LogP contribution in [0.25, 0.3) is 0 Å². The lowest BCUT2D eigenvalue weighted by atomic mass is 10.1. The summed E-state index contributed by atoms with van der Waals surface area (Å²) in [6.07, 6.45) is 1.25. The molecule has 1 saturated carbocycles. The monoisotopic (exact) mass is 211 g/mol. The molecule has 0 aromatic heterocycles. The number of hydrogen-bond donors (Lipinski definition) is 1. The molecule has 1 fully saturated rings. The van der Waals surface area contributed by atoms with E-state index in [1.165, 1.54) is 6.26 Å². The zero-order chi connectivity index (χ0) is 10.3. The van der Waals surface area contributed by atoms with Gasteiger partial charge in [-0.05, 0) is 5.56 Å². The molecule has 2 rings (SSSR count). The summed E-state index contributed by atoms with van der Waals surface area (Å²) in [5, 5.41) is -0.384. The minimum atomic E-state index is -3.00. The lowest BCUT2D eigenvalue weighted by Gasteiger charge is -1.97. The van der Waals surface area contributed by atoms with Crippen molar-refractivity contribution >= 4 is 9.84 Å². The predicted octanol–water partition coefficient (Wildman–Crippen LogP) is 0.524. The molecule has 0 spiro atoms. The lowest BCUT2D eigenvalue weighted by Crippen LogP contribution is -2.13. The Bertz CT molecular complexity index is 427. The highest BCUT2D eigenvalue weighted by Crippen LogP contribution is 2.44. The van der Waals surface area contributed by atoms with Gasteiger partial charge < -0.3 is 5.73 Å². The third-order valence-electron chi connectivity index (χ3n) is 2.69. The molecule has 2 N–H and O–H groups in total.